The van der Waals surface area contributed by atoms with Crippen LogP contribution in [0.15, 0.2) is 36.4 Å². The molecule has 1 amide bonds. The Morgan fingerprint density at radius 2 is 2.05 bits per heavy atom. The predicted molar refractivity (Wildman–Crippen MR) is 82.4 cm³/mol. The van der Waals surface area contributed by atoms with E-state index in [2.05, 4.69) is 10.3 Å². The maximum atomic E-state index is 12.3. The van der Waals surface area contributed by atoms with Gasteiger partial charge in [-0.1, -0.05) is 37.1 Å². The monoisotopic (exact) mass is 298 g/mol. The Labute approximate surface area is 128 Å². The number of rotatable bonds is 5. The molecule has 1 aliphatic rings. The van der Waals surface area contributed by atoms with E-state index >= 15 is 0 Å². The van der Waals surface area contributed by atoms with E-state index in [0.29, 0.717) is 18.0 Å². The summed E-state index contributed by atoms with van der Waals surface area (Å²) in [5.74, 6) is -0.239. The maximum Gasteiger partial charge on any atom is 0.328 e. The van der Waals surface area contributed by atoms with Gasteiger partial charge in [-0.2, -0.15) is 0 Å². The van der Waals surface area contributed by atoms with Crippen molar-refractivity contribution >= 4 is 22.8 Å². The molecule has 0 bridgehead atoms. The lowest BCUT2D eigenvalue weighted by molar-refractivity contribution is -0.143. The lowest BCUT2D eigenvalue weighted by Crippen LogP contribution is -2.42. The first-order valence-corrected chi connectivity index (χ1v) is 7.42. The van der Waals surface area contributed by atoms with Gasteiger partial charge in [0, 0.05) is 5.39 Å². The number of carbonyl (C=O) groups is 2. The fourth-order valence-corrected chi connectivity index (χ4v) is 2.47. The molecule has 0 unspecified atom stereocenters. The largest absolute Gasteiger partial charge is 0.467 e. The molecule has 1 atom stereocenters. The van der Waals surface area contributed by atoms with Gasteiger partial charge in [0.2, 0.25) is 0 Å². The van der Waals surface area contributed by atoms with E-state index in [0.717, 1.165) is 23.7 Å². The van der Waals surface area contributed by atoms with Gasteiger partial charge in [-0.05, 0) is 24.5 Å². The average molecular weight is 298 g/mol. The molecule has 22 heavy (non-hydrogen) atoms. The third-order valence-corrected chi connectivity index (χ3v) is 3.89. The molecule has 5 heteroatoms. The number of hydrogen-bond acceptors (Lipinski definition) is 4. The van der Waals surface area contributed by atoms with Gasteiger partial charge in [0.1, 0.15) is 11.7 Å². The van der Waals surface area contributed by atoms with Crippen LogP contribution in [0.1, 0.15) is 29.8 Å². The molecule has 1 aromatic heterocycles. The van der Waals surface area contributed by atoms with Crippen LogP contribution in [0.5, 0.6) is 0 Å². The van der Waals surface area contributed by atoms with Gasteiger partial charge in [-0.3, -0.25) is 4.79 Å². The summed E-state index contributed by atoms with van der Waals surface area (Å²) in [6.45, 7) is 0. The van der Waals surface area contributed by atoms with Gasteiger partial charge in [-0.25, -0.2) is 9.78 Å². The van der Waals surface area contributed by atoms with Crippen molar-refractivity contribution < 1.29 is 14.3 Å². The van der Waals surface area contributed by atoms with Crippen molar-refractivity contribution in [3.05, 3.63) is 42.1 Å². The minimum Gasteiger partial charge on any atom is -0.467 e. The molecule has 1 aromatic carbocycles. The summed E-state index contributed by atoms with van der Waals surface area (Å²) >= 11 is 0. The van der Waals surface area contributed by atoms with Crippen LogP contribution in [0.4, 0.5) is 0 Å². The van der Waals surface area contributed by atoms with Crippen molar-refractivity contribution in [3.63, 3.8) is 0 Å². The minimum absolute atomic E-state index is 0.309. The number of esters is 1. The van der Waals surface area contributed by atoms with Crippen LogP contribution in [-0.4, -0.2) is 30.0 Å². The van der Waals surface area contributed by atoms with Gasteiger partial charge in [0.15, 0.2) is 0 Å². The van der Waals surface area contributed by atoms with Gasteiger partial charge in [-0.15, -0.1) is 0 Å². The van der Waals surface area contributed by atoms with Crippen molar-refractivity contribution in [2.24, 2.45) is 5.92 Å². The molecule has 1 aliphatic carbocycles. The molecule has 1 fully saturated rings. The van der Waals surface area contributed by atoms with Crippen LogP contribution in [0.3, 0.4) is 0 Å². The number of aromatic nitrogens is 1. The summed E-state index contributed by atoms with van der Waals surface area (Å²) in [5.41, 5.74) is 1.07. The molecular formula is C17H18N2O3. The molecule has 114 valence electrons. The number of hydrogen-bond donors (Lipinski definition) is 1. The summed E-state index contributed by atoms with van der Waals surface area (Å²) in [6, 6.07) is 10.5. The average Bonchev–Trinajstić information content (AvgIpc) is 3.37. The topological polar surface area (TPSA) is 68.3 Å². The summed E-state index contributed by atoms with van der Waals surface area (Å²) < 4.78 is 4.77. The number of carbonyl (C=O) groups excluding carboxylic acids is 2. The van der Waals surface area contributed by atoms with Crippen molar-refractivity contribution in [3.8, 4) is 0 Å². The molecule has 0 spiro atoms. The van der Waals surface area contributed by atoms with Crippen LogP contribution in [0.2, 0.25) is 0 Å². The third-order valence-electron chi connectivity index (χ3n) is 3.89. The van der Waals surface area contributed by atoms with E-state index in [-0.39, 0.29) is 5.91 Å². The van der Waals surface area contributed by atoms with Crippen LogP contribution < -0.4 is 5.32 Å². The quantitative estimate of drug-likeness (QED) is 0.860. The highest BCUT2D eigenvalue weighted by molar-refractivity contribution is 5.97. The molecule has 0 aliphatic heterocycles. The molecule has 0 radical (unpaired) electrons. The standard InChI is InChI=1S/C17H18N2O3/c1-22-17(21)15(10-11-6-7-11)19-16(20)14-9-8-12-4-2-3-5-13(12)18-14/h2-5,8-9,11,15H,6-7,10H2,1H3,(H,19,20)/t15-/m1/s1. The molecule has 1 heterocycles. The summed E-state index contributed by atoms with van der Waals surface area (Å²) in [6.07, 6.45) is 2.85. The number of ether oxygens (including phenoxy) is 1. The zero-order chi connectivity index (χ0) is 15.5. The van der Waals surface area contributed by atoms with Crippen molar-refractivity contribution in [1.29, 1.82) is 0 Å². The van der Waals surface area contributed by atoms with Gasteiger partial charge in [0.05, 0.1) is 12.6 Å². The molecule has 2 aromatic rings. The van der Waals surface area contributed by atoms with E-state index < -0.39 is 12.0 Å². The normalized spacial score (nSPS) is 15.3. The fourth-order valence-electron chi connectivity index (χ4n) is 2.47. The van der Waals surface area contributed by atoms with Gasteiger partial charge in [0.25, 0.3) is 5.91 Å². The lowest BCUT2D eigenvalue weighted by atomic mass is 10.1. The Bertz CT molecular complexity index is 710. The molecular weight excluding hydrogens is 280 g/mol. The zero-order valence-electron chi connectivity index (χ0n) is 12.4. The number of para-hydroxylation sites is 1. The molecule has 0 saturated heterocycles. The van der Waals surface area contributed by atoms with Crippen LogP contribution in [0.25, 0.3) is 10.9 Å². The number of nitrogens with zero attached hydrogens (tertiary/aromatic N) is 1. The maximum absolute atomic E-state index is 12.3. The van der Waals surface area contributed by atoms with E-state index in [1.54, 1.807) is 6.07 Å². The number of nitrogens with one attached hydrogen (secondary N) is 1. The fraction of sp³-hybridized carbons (Fsp3) is 0.353. The highest BCUT2D eigenvalue weighted by Gasteiger charge is 2.31. The Morgan fingerprint density at radius 3 is 2.77 bits per heavy atom. The van der Waals surface area contributed by atoms with E-state index in [4.69, 9.17) is 4.74 Å². The summed E-state index contributed by atoms with van der Waals surface area (Å²) in [4.78, 5) is 28.5. The van der Waals surface area contributed by atoms with Crippen molar-refractivity contribution in [2.45, 2.75) is 25.3 Å². The predicted octanol–water partition coefficient (Wildman–Crippen LogP) is 2.31. The number of amides is 1. The summed E-state index contributed by atoms with van der Waals surface area (Å²) in [5, 5.41) is 3.72. The second-order valence-corrected chi connectivity index (χ2v) is 5.62. The van der Waals surface area contributed by atoms with Crippen LogP contribution >= 0.6 is 0 Å². The Kier molecular flexibility index (Phi) is 4.04. The SMILES string of the molecule is COC(=O)[C@@H](CC1CC1)NC(=O)c1ccc2ccccc2n1. The van der Waals surface area contributed by atoms with E-state index in [9.17, 15) is 9.59 Å². The van der Waals surface area contributed by atoms with Crippen molar-refractivity contribution in [2.75, 3.05) is 7.11 Å². The minimum atomic E-state index is -0.599. The van der Waals surface area contributed by atoms with Crippen LogP contribution in [-0.2, 0) is 9.53 Å². The zero-order valence-corrected chi connectivity index (χ0v) is 12.4. The molecule has 1 N–H and O–H groups in total. The molecule has 1 saturated carbocycles. The first kappa shape index (κ1) is 14.5. The first-order chi connectivity index (χ1) is 10.7. The van der Waals surface area contributed by atoms with Crippen molar-refractivity contribution in [1.82, 2.24) is 10.3 Å². The Hall–Kier alpha value is -2.43. The highest BCUT2D eigenvalue weighted by Crippen LogP contribution is 2.33. The molecule has 3 rings (SSSR count). The molecule has 5 nitrogen and oxygen atoms in total. The first-order valence-electron chi connectivity index (χ1n) is 7.42. The number of methoxy groups -OCH3 is 1. The number of pyridine rings is 1. The van der Waals surface area contributed by atoms with E-state index in [1.807, 2.05) is 30.3 Å². The Morgan fingerprint density at radius 1 is 1.27 bits per heavy atom. The smallest absolute Gasteiger partial charge is 0.328 e. The third kappa shape index (κ3) is 3.24. The Balaban J connectivity index is 1.76. The second kappa shape index (κ2) is 6.13. The number of fused-ring (bicyclic) bond motifs is 1. The number of benzene rings is 1. The van der Waals surface area contributed by atoms with Crippen LogP contribution in [0, 0.1) is 5.92 Å². The van der Waals surface area contributed by atoms with E-state index in [1.165, 1.54) is 7.11 Å². The highest BCUT2D eigenvalue weighted by atomic mass is 16.5. The second-order valence-electron chi connectivity index (χ2n) is 5.62. The van der Waals surface area contributed by atoms with Gasteiger partial charge >= 0.3 is 5.97 Å². The lowest BCUT2D eigenvalue weighted by Gasteiger charge is -2.16. The van der Waals surface area contributed by atoms with Gasteiger partial charge < -0.3 is 10.1 Å². The summed E-state index contributed by atoms with van der Waals surface area (Å²) in [7, 11) is 1.34.